The molecule has 0 bridgehead atoms. The molecule has 0 saturated carbocycles. The molecule has 5 aliphatic heterocycles. The first-order chi connectivity index (χ1) is 69.5. The van der Waals surface area contributed by atoms with Gasteiger partial charge in [-0.15, -0.1) is 10.2 Å². The fourth-order valence-corrected chi connectivity index (χ4v) is 20.4. The Hall–Kier alpha value is -16.3. The molecule has 26 nitrogen and oxygen atoms in total. The van der Waals surface area contributed by atoms with Crippen molar-refractivity contribution in [2.45, 2.75) is 166 Å². The van der Waals surface area contributed by atoms with Crippen molar-refractivity contribution in [3.05, 3.63) is 367 Å². The Morgan fingerprint density at radius 1 is 0.229 bits per heavy atom. The Kier molecular flexibility index (Phi) is 25.2. The van der Waals surface area contributed by atoms with Gasteiger partial charge in [0, 0.05) is 160 Å². The predicted octanol–water partition coefficient (Wildman–Crippen LogP) is 21.9. The van der Waals surface area contributed by atoms with Crippen molar-refractivity contribution in [3.8, 4) is 111 Å². The SMILES string of the molecule is CC1(C)CCc2nc3cc(-c4ccc(-c5ccccn5)cc4)ccc3c(=O)n2C1.CC1(C)CCc2nc3cc(-c4ccc(-c5ccccn5)cn4)ccc3c(=O)n2C1.CC1(C)CCc2nc3cc(-c4ccc(-c5ccccn5)nc4)ccc3c(=O)n2C1.CC1(C)CCc2nc3cc(-c4ncc(-c5ccccn5)cn4)ccc3c(=O)n2C1.CC1(C)CCc2nc3cc(-c4nnc(-c5ccccn5)s4)ccc3c(=O)n2C1. The van der Waals surface area contributed by atoms with Gasteiger partial charge in [-0.05, 0) is 215 Å². The maximum atomic E-state index is 13.0. The van der Waals surface area contributed by atoms with Crippen LogP contribution in [0.15, 0.2) is 310 Å². The molecule has 6 aromatic carbocycles. The van der Waals surface area contributed by atoms with Crippen LogP contribution < -0.4 is 27.8 Å². The highest BCUT2D eigenvalue weighted by atomic mass is 32.1. The number of nitrogens with zero attached hydrogens (tertiary/aromatic N) is 21. The quantitative estimate of drug-likeness (QED) is 0.123. The lowest BCUT2D eigenvalue weighted by molar-refractivity contribution is 0.240. The van der Waals surface area contributed by atoms with Crippen LogP contribution in [0.2, 0.25) is 0 Å². The predicted molar refractivity (Wildman–Crippen MR) is 569 cm³/mol. The van der Waals surface area contributed by atoms with Crippen molar-refractivity contribution in [1.29, 1.82) is 0 Å². The second-order valence-corrected chi connectivity index (χ2v) is 42.8. The largest absolute Gasteiger partial charge is 0.296 e. The van der Waals surface area contributed by atoms with E-state index < -0.39 is 0 Å². The Balaban J connectivity index is 0.000000106. The van der Waals surface area contributed by atoms with E-state index in [-0.39, 0.29) is 54.9 Å². The molecule has 0 atom stereocenters. The zero-order chi connectivity index (χ0) is 99.3. The number of hydrogen-bond acceptors (Lipinski definition) is 22. The van der Waals surface area contributed by atoms with Gasteiger partial charge in [0.2, 0.25) is 0 Å². The van der Waals surface area contributed by atoms with E-state index in [4.69, 9.17) is 24.9 Å². The summed E-state index contributed by atoms with van der Waals surface area (Å²) >= 11 is 1.48. The molecule has 19 heterocycles. The van der Waals surface area contributed by atoms with Crippen LogP contribution in [0.4, 0.5) is 0 Å². The van der Waals surface area contributed by atoms with E-state index in [1.807, 2.05) is 241 Å². The highest BCUT2D eigenvalue weighted by molar-refractivity contribution is 7.17. The van der Waals surface area contributed by atoms with Gasteiger partial charge in [0.1, 0.15) is 39.8 Å². The lowest BCUT2D eigenvalue weighted by atomic mass is 9.85. The summed E-state index contributed by atoms with van der Waals surface area (Å²) in [6, 6.07) is 74.4. The molecule has 14 aromatic heterocycles. The second kappa shape index (κ2) is 38.6. The van der Waals surface area contributed by atoms with Gasteiger partial charge in [-0.1, -0.05) is 172 Å². The zero-order valence-corrected chi connectivity index (χ0v) is 82.9. The van der Waals surface area contributed by atoms with E-state index in [1.165, 1.54) is 11.3 Å². The first-order valence-electron chi connectivity index (χ1n) is 48.9. The van der Waals surface area contributed by atoms with Gasteiger partial charge in [0.15, 0.2) is 10.8 Å². The molecule has 0 N–H and O–H groups in total. The fourth-order valence-electron chi connectivity index (χ4n) is 19.6. The van der Waals surface area contributed by atoms with Crippen LogP contribution >= 0.6 is 11.3 Å². The van der Waals surface area contributed by atoms with Crippen molar-refractivity contribution in [3.63, 3.8) is 0 Å². The smallest absolute Gasteiger partial charge is 0.261 e. The Morgan fingerprint density at radius 3 is 0.882 bits per heavy atom. The maximum absolute atomic E-state index is 13.0. The minimum Gasteiger partial charge on any atom is -0.296 e. The topological polar surface area (TPSA) is 316 Å². The summed E-state index contributed by atoms with van der Waals surface area (Å²) in [6.07, 6.45) is 25.4. The Bertz CT molecular complexity index is 7800. The number of fused-ring (bicyclic) bond motifs is 10. The molecule has 0 aliphatic carbocycles. The Labute approximate surface area is 835 Å². The number of aromatic nitrogens is 21. The average molecular weight is 1920 g/mol. The van der Waals surface area contributed by atoms with Gasteiger partial charge < -0.3 is 0 Å². The molecule has 0 amide bonds. The zero-order valence-electron chi connectivity index (χ0n) is 82.1. The van der Waals surface area contributed by atoms with Gasteiger partial charge in [-0.2, -0.15) is 0 Å². The summed E-state index contributed by atoms with van der Waals surface area (Å²) in [5.41, 5.74) is 20.5. The minimum absolute atomic E-state index is 0.0377. The Morgan fingerprint density at radius 2 is 0.500 bits per heavy atom. The van der Waals surface area contributed by atoms with E-state index in [0.717, 1.165) is 247 Å². The molecule has 25 rings (SSSR count). The third-order valence-corrected chi connectivity index (χ3v) is 28.9. The van der Waals surface area contributed by atoms with E-state index in [9.17, 15) is 24.0 Å². The summed E-state index contributed by atoms with van der Waals surface area (Å²) in [5, 5.41) is 13.5. The van der Waals surface area contributed by atoms with Crippen LogP contribution in [0.1, 0.15) is 130 Å². The van der Waals surface area contributed by atoms with Crippen molar-refractivity contribution in [2.75, 3.05) is 0 Å². The lowest BCUT2D eigenvalue weighted by Gasteiger charge is -2.31. The summed E-state index contributed by atoms with van der Waals surface area (Å²) in [4.78, 5) is 129. The van der Waals surface area contributed by atoms with Crippen LogP contribution in [-0.4, -0.2) is 103 Å². The van der Waals surface area contributed by atoms with Crippen molar-refractivity contribution >= 4 is 65.9 Å². The molecule has 27 heteroatoms. The van der Waals surface area contributed by atoms with Gasteiger partial charge >= 0.3 is 0 Å². The molecule has 0 spiro atoms. The van der Waals surface area contributed by atoms with E-state index >= 15 is 0 Å². The van der Waals surface area contributed by atoms with Gasteiger partial charge in [0.25, 0.3) is 27.8 Å². The molecule has 20 aromatic rings. The molecule has 0 saturated heterocycles. The first kappa shape index (κ1) is 94.0. The molecule has 716 valence electrons. The minimum atomic E-state index is 0.0377. The molecular formula is C117H107N21O5S. The van der Waals surface area contributed by atoms with Crippen molar-refractivity contribution in [2.24, 2.45) is 27.1 Å². The van der Waals surface area contributed by atoms with Gasteiger partial charge in [0.05, 0.1) is 88.7 Å². The fraction of sp³-hybridized carbons (Fsp3) is 0.256. The molecule has 0 fully saturated rings. The van der Waals surface area contributed by atoms with Crippen molar-refractivity contribution in [1.82, 2.24) is 103 Å². The van der Waals surface area contributed by atoms with Crippen molar-refractivity contribution < 1.29 is 0 Å². The molecule has 0 radical (unpaired) electrons. The third kappa shape index (κ3) is 20.0. The number of pyridine rings is 7. The second-order valence-electron chi connectivity index (χ2n) is 41.8. The summed E-state index contributed by atoms with van der Waals surface area (Å²) in [7, 11) is 0. The van der Waals surface area contributed by atoms with Crippen LogP contribution in [0, 0.1) is 27.1 Å². The standard InChI is InChI=1S/C25H23N3O.2C24H22N4O.C23H21N5O.C21H19N5OS/c1-25(2)13-12-23-27-22-15-19(10-11-20(22)24(29)28(23)16-25)17-6-8-18(9-7-17)21-5-3-4-14-26-21;1-24(2)11-10-22-27-21-13-16(6-8-18(21)23(29)28(22)15-24)20-9-7-17(14-26-20)19-5-3-4-12-25-19;1-24(2)11-10-22-27-21-13-16(6-8-18(21)23(29)28(22)15-24)17-7-9-20(26-14-17)19-5-3-4-12-25-19;1-23(2)9-8-20-27-19-11-15(6-7-17(19)22(29)28(20)14-23)21-25-12-16(13-26-21)18-5-3-4-10-24-18;1-21(2)9-8-17-23-16-11-13(6-7-14(16)20(27)26(17)12-21)18-24-25-19(28-18)15-5-3-4-10-22-15/h3-11,14-15H,12-13,16H2,1-2H3;2*3-9,12-14H,10-11,15H2,1-2H3;3-7,10-13H,8-9,14H2,1-2H3;3-7,10-11H,8-9,12H2,1-2H3. The highest BCUT2D eigenvalue weighted by Crippen LogP contribution is 2.39. The summed E-state index contributed by atoms with van der Waals surface area (Å²) in [6.45, 7) is 25.7. The van der Waals surface area contributed by atoms with Crippen LogP contribution in [-0.2, 0) is 64.8 Å². The number of hydrogen-bond donors (Lipinski definition) is 0. The number of benzene rings is 6. The van der Waals surface area contributed by atoms with E-state index in [1.54, 1.807) is 43.4 Å². The average Bonchev–Trinajstić information content (AvgIpc) is 0.935. The maximum Gasteiger partial charge on any atom is 0.261 e. The van der Waals surface area contributed by atoms with E-state index in [0.29, 0.717) is 44.8 Å². The van der Waals surface area contributed by atoms with Gasteiger partial charge in [-0.25, -0.2) is 34.9 Å². The first-order valence-corrected chi connectivity index (χ1v) is 49.8. The van der Waals surface area contributed by atoms with Gasteiger partial charge in [-0.3, -0.25) is 81.7 Å². The molecule has 5 aliphatic rings. The van der Waals surface area contributed by atoms with E-state index in [2.05, 4.69) is 149 Å². The molecule has 144 heavy (non-hydrogen) atoms. The summed E-state index contributed by atoms with van der Waals surface area (Å²) < 4.78 is 9.26. The molecular weight excluding hydrogens is 1810 g/mol. The van der Waals surface area contributed by atoms with Crippen LogP contribution in [0.25, 0.3) is 166 Å². The number of rotatable bonds is 10. The summed E-state index contributed by atoms with van der Waals surface area (Å²) in [5.74, 6) is 5.03. The monoisotopic (exact) mass is 1920 g/mol. The van der Waals surface area contributed by atoms with Crippen LogP contribution in [0.3, 0.4) is 0 Å². The lowest BCUT2D eigenvalue weighted by Crippen LogP contribution is -2.36. The molecule has 0 unspecified atom stereocenters. The number of aryl methyl sites for hydroxylation is 5. The normalized spacial score (nSPS) is 15.3. The van der Waals surface area contributed by atoms with Crippen LogP contribution in [0.5, 0.6) is 0 Å². The third-order valence-electron chi connectivity index (χ3n) is 27.9. The highest BCUT2D eigenvalue weighted by Gasteiger charge is 2.34.